The van der Waals surface area contributed by atoms with Crippen LogP contribution in [0.15, 0.2) is 11.6 Å². The van der Waals surface area contributed by atoms with Gasteiger partial charge in [-0.25, -0.2) is 4.79 Å². The second-order valence-electron chi connectivity index (χ2n) is 3.87. The quantitative estimate of drug-likeness (QED) is 0.534. The van der Waals surface area contributed by atoms with E-state index in [2.05, 4.69) is 5.32 Å². The molecule has 0 aliphatic carbocycles. The molecule has 2 N–H and O–H groups in total. The highest BCUT2D eigenvalue weighted by Crippen LogP contribution is 1.92. The molecule has 0 aliphatic rings. The number of aliphatic carboxylic acids is 1. The molecule has 0 unspecified atom stereocenters. The van der Waals surface area contributed by atoms with Gasteiger partial charge in [0.15, 0.2) is 0 Å². The summed E-state index contributed by atoms with van der Waals surface area (Å²) in [7, 11) is 1.58. The van der Waals surface area contributed by atoms with E-state index in [1.807, 2.05) is 19.9 Å². The topological polar surface area (TPSA) is 69.6 Å². The summed E-state index contributed by atoms with van der Waals surface area (Å²) in [6.07, 6.45) is 2.80. The molecular weight excluding hydrogens is 208 g/mol. The lowest BCUT2D eigenvalue weighted by Crippen LogP contribution is -2.38. The van der Waals surface area contributed by atoms with Gasteiger partial charge in [-0.05, 0) is 20.3 Å². The molecule has 92 valence electrons. The molecule has 0 spiro atoms. The normalized spacial score (nSPS) is 9.44. The smallest absolute Gasteiger partial charge is 0.317 e. The van der Waals surface area contributed by atoms with E-state index < -0.39 is 5.97 Å². The van der Waals surface area contributed by atoms with Gasteiger partial charge in [-0.2, -0.15) is 0 Å². The zero-order valence-corrected chi connectivity index (χ0v) is 10.1. The van der Waals surface area contributed by atoms with Gasteiger partial charge < -0.3 is 15.3 Å². The third kappa shape index (κ3) is 7.84. The maximum Gasteiger partial charge on any atom is 0.317 e. The van der Waals surface area contributed by atoms with Gasteiger partial charge in [-0.3, -0.25) is 4.79 Å². The minimum absolute atomic E-state index is 0.0299. The summed E-state index contributed by atoms with van der Waals surface area (Å²) < 4.78 is 0. The van der Waals surface area contributed by atoms with Crippen LogP contribution in [0.4, 0.5) is 4.79 Å². The van der Waals surface area contributed by atoms with Crippen molar-refractivity contribution in [1.29, 1.82) is 0 Å². The van der Waals surface area contributed by atoms with Gasteiger partial charge in [0.2, 0.25) is 0 Å². The SMILES string of the molecule is CC(C)=CCCNC(=O)N(C)CCC(=O)O. The van der Waals surface area contributed by atoms with Gasteiger partial charge in [-0.1, -0.05) is 11.6 Å². The first-order valence-electron chi connectivity index (χ1n) is 5.27. The molecule has 5 heteroatoms. The lowest BCUT2D eigenvalue weighted by Gasteiger charge is -2.16. The molecule has 0 atom stereocenters. The van der Waals surface area contributed by atoms with Crippen LogP contribution >= 0.6 is 0 Å². The number of hydrogen-bond acceptors (Lipinski definition) is 2. The van der Waals surface area contributed by atoms with E-state index >= 15 is 0 Å². The predicted octanol–water partition coefficient (Wildman–Crippen LogP) is 1.46. The molecule has 0 rings (SSSR count). The van der Waals surface area contributed by atoms with E-state index in [1.54, 1.807) is 7.05 Å². The van der Waals surface area contributed by atoms with Crippen LogP contribution < -0.4 is 5.32 Å². The van der Waals surface area contributed by atoms with Crippen LogP contribution in [0, 0.1) is 0 Å². The Labute approximate surface area is 96.1 Å². The Bertz CT molecular complexity index is 270. The van der Waals surface area contributed by atoms with Crippen molar-refractivity contribution in [2.45, 2.75) is 26.7 Å². The number of nitrogens with zero attached hydrogens (tertiary/aromatic N) is 1. The van der Waals surface area contributed by atoms with Crippen molar-refractivity contribution in [3.8, 4) is 0 Å². The molecule has 0 heterocycles. The van der Waals surface area contributed by atoms with Crippen molar-refractivity contribution in [2.75, 3.05) is 20.1 Å². The number of nitrogens with one attached hydrogen (secondary N) is 1. The molecule has 0 saturated carbocycles. The first-order chi connectivity index (χ1) is 7.43. The van der Waals surface area contributed by atoms with Crippen LogP contribution in [0.3, 0.4) is 0 Å². The Morgan fingerprint density at radius 2 is 2.00 bits per heavy atom. The van der Waals surface area contributed by atoms with E-state index in [0.717, 1.165) is 6.42 Å². The summed E-state index contributed by atoms with van der Waals surface area (Å²) in [6, 6.07) is -0.233. The van der Waals surface area contributed by atoms with Gasteiger partial charge in [0.25, 0.3) is 0 Å². The molecule has 16 heavy (non-hydrogen) atoms. The van der Waals surface area contributed by atoms with E-state index in [0.29, 0.717) is 6.54 Å². The highest BCUT2D eigenvalue weighted by atomic mass is 16.4. The lowest BCUT2D eigenvalue weighted by atomic mass is 10.3. The number of carboxylic acids is 1. The number of carbonyl (C=O) groups is 2. The van der Waals surface area contributed by atoms with E-state index in [9.17, 15) is 9.59 Å². The highest BCUT2D eigenvalue weighted by Gasteiger charge is 2.08. The summed E-state index contributed by atoms with van der Waals surface area (Å²) in [5.41, 5.74) is 1.22. The third-order valence-electron chi connectivity index (χ3n) is 1.98. The van der Waals surface area contributed by atoms with Crippen molar-refractivity contribution >= 4 is 12.0 Å². The molecule has 0 fully saturated rings. The second-order valence-corrected chi connectivity index (χ2v) is 3.87. The monoisotopic (exact) mass is 228 g/mol. The molecule has 0 radical (unpaired) electrons. The van der Waals surface area contributed by atoms with Gasteiger partial charge >= 0.3 is 12.0 Å². The fraction of sp³-hybridized carbons (Fsp3) is 0.636. The van der Waals surface area contributed by atoms with Gasteiger partial charge in [0.05, 0.1) is 6.42 Å². The fourth-order valence-corrected chi connectivity index (χ4v) is 1.04. The van der Waals surface area contributed by atoms with Crippen molar-refractivity contribution in [2.24, 2.45) is 0 Å². The van der Waals surface area contributed by atoms with Crippen molar-refractivity contribution in [1.82, 2.24) is 10.2 Å². The van der Waals surface area contributed by atoms with Crippen molar-refractivity contribution in [3.05, 3.63) is 11.6 Å². The van der Waals surface area contributed by atoms with Crippen LogP contribution in [-0.4, -0.2) is 42.1 Å². The minimum atomic E-state index is -0.899. The first kappa shape index (κ1) is 14.5. The highest BCUT2D eigenvalue weighted by molar-refractivity contribution is 5.74. The summed E-state index contributed by atoms with van der Waals surface area (Å²) in [4.78, 5) is 23.1. The Kier molecular flexibility index (Phi) is 7.00. The largest absolute Gasteiger partial charge is 0.481 e. The molecule has 0 aromatic carbocycles. The van der Waals surface area contributed by atoms with Crippen LogP contribution in [0.5, 0.6) is 0 Å². The van der Waals surface area contributed by atoms with Crippen LogP contribution in [-0.2, 0) is 4.79 Å². The zero-order chi connectivity index (χ0) is 12.6. The molecule has 0 aromatic heterocycles. The van der Waals surface area contributed by atoms with Gasteiger partial charge in [0.1, 0.15) is 0 Å². The number of carboxylic acid groups (broad SMARTS) is 1. The van der Waals surface area contributed by atoms with E-state index in [4.69, 9.17) is 5.11 Å². The number of allylic oxidation sites excluding steroid dienone is 1. The maximum absolute atomic E-state index is 11.4. The molecule has 2 amide bonds. The molecule has 0 aromatic rings. The number of urea groups is 1. The average Bonchev–Trinajstić information content (AvgIpc) is 2.20. The van der Waals surface area contributed by atoms with E-state index in [1.165, 1.54) is 10.5 Å². The van der Waals surface area contributed by atoms with Crippen LogP contribution in [0.25, 0.3) is 0 Å². The summed E-state index contributed by atoms with van der Waals surface area (Å²) in [5.74, 6) is -0.899. The van der Waals surface area contributed by atoms with Crippen LogP contribution in [0.1, 0.15) is 26.7 Å². The number of amides is 2. The molecule has 0 aliphatic heterocycles. The summed E-state index contributed by atoms with van der Waals surface area (Å²) in [5, 5.41) is 11.2. The van der Waals surface area contributed by atoms with E-state index in [-0.39, 0.29) is 19.0 Å². The predicted molar refractivity (Wildman–Crippen MR) is 62.3 cm³/mol. The Morgan fingerprint density at radius 1 is 1.38 bits per heavy atom. The standard InChI is InChI=1S/C11H20N2O3/c1-9(2)5-4-7-12-11(16)13(3)8-6-10(14)15/h5H,4,6-8H2,1-3H3,(H,12,16)(H,14,15). The number of rotatable bonds is 6. The van der Waals surface area contributed by atoms with Gasteiger partial charge in [-0.15, -0.1) is 0 Å². The third-order valence-corrected chi connectivity index (χ3v) is 1.98. The average molecular weight is 228 g/mol. The maximum atomic E-state index is 11.4. The molecule has 5 nitrogen and oxygen atoms in total. The minimum Gasteiger partial charge on any atom is -0.481 e. The molecule has 0 bridgehead atoms. The van der Waals surface area contributed by atoms with Crippen molar-refractivity contribution < 1.29 is 14.7 Å². The Hall–Kier alpha value is -1.52. The van der Waals surface area contributed by atoms with Gasteiger partial charge in [0, 0.05) is 20.1 Å². The van der Waals surface area contributed by atoms with Crippen LogP contribution in [0.2, 0.25) is 0 Å². The summed E-state index contributed by atoms with van der Waals surface area (Å²) >= 11 is 0. The summed E-state index contributed by atoms with van der Waals surface area (Å²) in [6.45, 7) is 4.80. The lowest BCUT2D eigenvalue weighted by molar-refractivity contribution is -0.137. The zero-order valence-electron chi connectivity index (χ0n) is 10.1. The fourth-order valence-electron chi connectivity index (χ4n) is 1.04. The Morgan fingerprint density at radius 3 is 2.50 bits per heavy atom. The number of hydrogen-bond donors (Lipinski definition) is 2. The Balaban J connectivity index is 3.71. The number of carbonyl (C=O) groups excluding carboxylic acids is 1. The molecular formula is C11H20N2O3. The van der Waals surface area contributed by atoms with Crippen molar-refractivity contribution in [3.63, 3.8) is 0 Å². The molecule has 0 saturated heterocycles. The second kappa shape index (κ2) is 7.73. The first-order valence-corrected chi connectivity index (χ1v) is 5.27.